The number of ether oxygens (including phenoxy) is 1. The number of halogens is 6. The molecule has 2 fully saturated rings. The third-order valence-electron chi connectivity index (χ3n) is 7.15. The van der Waals surface area contributed by atoms with Gasteiger partial charge in [-0.3, -0.25) is 9.59 Å². The van der Waals surface area contributed by atoms with Crippen LogP contribution in [0.15, 0.2) is 12.3 Å². The number of hydrogen-bond donors (Lipinski definition) is 2. The Morgan fingerprint density at radius 1 is 1.36 bits per heavy atom. The van der Waals surface area contributed by atoms with Gasteiger partial charge < -0.3 is 15.8 Å². The van der Waals surface area contributed by atoms with Gasteiger partial charge in [-0.1, -0.05) is 11.6 Å². The van der Waals surface area contributed by atoms with Crippen LogP contribution in [0.4, 0.5) is 22.0 Å². The molecule has 198 valence electrons. The molecular weight excluding hydrogens is 513 g/mol. The zero-order chi connectivity index (χ0) is 26.5. The maximum Gasteiger partial charge on any atom is 0.393 e. The Bertz CT molecular complexity index is 1150. The fourth-order valence-corrected chi connectivity index (χ4v) is 5.19. The molecule has 0 radical (unpaired) electrons. The number of carbonyl (C=O) groups excluding carboxylic acids is 2. The Morgan fingerprint density at radius 2 is 2.03 bits per heavy atom. The fraction of sp³-hybridized carbons (Fsp3) is 0.636. The van der Waals surface area contributed by atoms with Gasteiger partial charge in [0.15, 0.2) is 11.1 Å². The van der Waals surface area contributed by atoms with E-state index in [2.05, 4.69) is 15.4 Å². The predicted octanol–water partition coefficient (Wildman–Crippen LogP) is 3.61. The van der Waals surface area contributed by atoms with Gasteiger partial charge in [0, 0.05) is 31.9 Å². The average molecular weight is 538 g/mol. The van der Waals surface area contributed by atoms with Crippen molar-refractivity contribution in [2.24, 2.45) is 23.0 Å². The van der Waals surface area contributed by atoms with E-state index in [4.69, 9.17) is 22.1 Å². The molecule has 14 heteroatoms. The molecular formula is C22H25ClF5N5O3. The number of methoxy groups -OCH3 is 1. The van der Waals surface area contributed by atoms with Crippen molar-refractivity contribution in [2.75, 3.05) is 13.7 Å². The maximum atomic E-state index is 13.5. The number of nitrogens with two attached hydrogens (primary N) is 1. The number of rotatable bonds is 5. The third kappa shape index (κ3) is 4.99. The number of nitrogens with zero attached hydrogens (tertiary/aromatic N) is 3. The molecule has 4 rings (SSSR count). The summed E-state index contributed by atoms with van der Waals surface area (Å²) in [4.78, 5) is 29.8. The van der Waals surface area contributed by atoms with E-state index in [9.17, 15) is 31.5 Å². The van der Waals surface area contributed by atoms with Gasteiger partial charge >= 0.3 is 12.1 Å². The monoisotopic (exact) mass is 537 g/mol. The van der Waals surface area contributed by atoms with Crippen LogP contribution < -0.4 is 11.1 Å². The number of fused-ring (bicyclic) bond motifs is 1. The Hall–Kier alpha value is -2.54. The number of amides is 1. The molecule has 2 aliphatic rings. The van der Waals surface area contributed by atoms with Gasteiger partial charge in [0.25, 0.3) is 0 Å². The van der Waals surface area contributed by atoms with Crippen molar-refractivity contribution in [2.45, 2.75) is 56.7 Å². The van der Waals surface area contributed by atoms with Crippen LogP contribution in [-0.4, -0.2) is 52.2 Å². The van der Waals surface area contributed by atoms with E-state index in [1.807, 2.05) is 0 Å². The lowest BCUT2D eigenvalue weighted by Gasteiger charge is -2.38. The lowest BCUT2D eigenvalue weighted by molar-refractivity contribution is -0.195. The minimum Gasteiger partial charge on any atom is -0.468 e. The van der Waals surface area contributed by atoms with Gasteiger partial charge in [-0.2, -0.15) is 18.3 Å². The van der Waals surface area contributed by atoms with Crippen molar-refractivity contribution in [3.8, 4) is 0 Å². The number of piperidine rings is 1. The third-order valence-corrected chi connectivity index (χ3v) is 7.48. The molecule has 0 spiro atoms. The molecule has 0 bridgehead atoms. The summed E-state index contributed by atoms with van der Waals surface area (Å²) in [6, 6.07) is 0.755. The summed E-state index contributed by atoms with van der Waals surface area (Å²) in [5.74, 6) is -6.91. The number of aromatic nitrogens is 3. The first-order valence-electron chi connectivity index (χ1n) is 11.4. The van der Waals surface area contributed by atoms with Crippen molar-refractivity contribution in [1.29, 1.82) is 0 Å². The van der Waals surface area contributed by atoms with Crippen LogP contribution in [0.1, 0.15) is 49.5 Å². The molecule has 1 unspecified atom stereocenters. The summed E-state index contributed by atoms with van der Waals surface area (Å²) < 4.78 is 73.4. The molecule has 1 saturated heterocycles. The normalized spacial score (nSPS) is 26.0. The van der Waals surface area contributed by atoms with Crippen molar-refractivity contribution >= 4 is 29.1 Å². The zero-order valence-electron chi connectivity index (χ0n) is 19.2. The number of hydrogen-bond acceptors (Lipinski definition) is 6. The summed E-state index contributed by atoms with van der Waals surface area (Å²) in [7, 11) is 0.984. The Labute approximate surface area is 207 Å². The van der Waals surface area contributed by atoms with Crippen molar-refractivity contribution in [1.82, 2.24) is 19.9 Å². The highest BCUT2D eigenvalue weighted by Gasteiger charge is 2.57. The molecule has 3 atom stereocenters. The first kappa shape index (κ1) is 26.5. The standard InChI is InChI=1S/C22H25ClF5N5O3/c1-36-19(35)20(7-12(22(26,27)28)9-30-18(20)34)8-14-13(23)6-16-31-15(10-33(16)32-14)17(29)11-2-4-21(24,25)5-3-11/h6,10-12,17H,2-5,7-9,29H2,1H3,(H,30,34)/t12-,17+,20?/m1/s1. The first-order valence-corrected chi connectivity index (χ1v) is 11.7. The minimum atomic E-state index is -4.65. The Balaban J connectivity index is 1.64. The summed E-state index contributed by atoms with van der Waals surface area (Å²) in [5, 5.41) is 6.45. The highest BCUT2D eigenvalue weighted by Crippen LogP contribution is 2.43. The molecule has 1 aliphatic carbocycles. The highest BCUT2D eigenvalue weighted by atomic mass is 35.5. The van der Waals surface area contributed by atoms with E-state index in [1.54, 1.807) is 0 Å². The molecule has 0 aromatic carbocycles. The van der Waals surface area contributed by atoms with Crippen LogP contribution in [0.3, 0.4) is 0 Å². The molecule has 8 nitrogen and oxygen atoms in total. The van der Waals surface area contributed by atoms with Gasteiger partial charge in [-0.15, -0.1) is 0 Å². The number of carbonyl (C=O) groups is 2. The van der Waals surface area contributed by atoms with E-state index in [-0.39, 0.29) is 48.0 Å². The summed E-state index contributed by atoms with van der Waals surface area (Å²) in [6.07, 6.45) is -4.57. The lowest BCUT2D eigenvalue weighted by atomic mass is 9.72. The Morgan fingerprint density at radius 3 is 2.64 bits per heavy atom. The van der Waals surface area contributed by atoms with E-state index >= 15 is 0 Å². The number of alkyl halides is 5. The lowest BCUT2D eigenvalue weighted by Crippen LogP contribution is -2.57. The van der Waals surface area contributed by atoms with Gasteiger partial charge in [0.2, 0.25) is 11.8 Å². The van der Waals surface area contributed by atoms with Crippen molar-refractivity contribution < 1.29 is 36.3 Å². The highest BCUT2D eigenvalue weighted by molar-refractivity contribution is 6.31. The van der Waals surface area contributed by atoms with Crippen LogP contribution in [0, 0.1) is 17.3 Å². The average Bonchev–Trinajstić information content (AvgIpc) is 3.21. The smallest absolute Gasteiger partial charge is 0.393 e. The Kier molecular flexibility index (Phi) is 6.93. The van der Waals surface area contributed by atoms with Crippen molar-refractivity contribution in [3.05, 3.63) is 28.7 Å². The van der Waals surface area contributed by atoms with E-state index in [0.29, 0.717) is 5.69 Å². The fourth-order valence-electron chi connectivity index (χ4n) is 4.98. The second kappa shape index (κ2) is 9.40. The molecule has 2 aromatic rings. The second-order valence-electron chi connectivity index (χ2n) is 9.53. The van der Waals surface area contributed by atoms with Crippen LogP contribution >= 0.6 is 11.6 Å². The molecule has 3 heterocycles. The molecule has 2 aromatic heterocycles. The van der Waals surface area contributed by atoms with Gasteiger partial charge in [0.05, 0.1) is 41.7 Å². The topological polar surface area (TPSA) is 112 Å². The largest absolute Gasteiger partial charge is 0.468 e. The number of nitrogens with one attached hydrogen (secondary N) is 1. The molecule has 1 saturated carbocycles. The summed E-state index contributed by atoms with van der Waals surface area (Å²) >= 11 is 6.34. The zero-order valence-corrected chi connectivity index (χ0v) is 20.0. The summed E-state index contributed by atoms with van der Waals surface area (Å²) in [6.45, 7) is -0.656. The van der Waals surface area contributed by atoms with Crippen LogP contribution in [0.5, 0.6) is 0 Å². The van der Waals surface area contributed by atoms with Crippen LogP contribution in [0.2, 0.25) is 5.02 Å². The summed E-state index contributed by atoms with van der Waals surface area (Å²) in [5.41, 5.74) is 4.75. The molecule has 1 aliphatic heterocycles. The number of imidazole rings is 1. The van der Waals surface area contributed by atoms with Crippen molar-refractivity contribution in [3.63, 3.8) is 0 Å². The van der Waals surface area contributed by atoms with Gasteiger partial charge in [0.1, 0.15) is 0 Å². The second-order valence-corrected chi connectivity index (χ2v) is 9.94. The molecule has 36 heavy (non-hydrogen) atoms. The quantitative estimate of drug-likeness (QED) is 0.342. The van der Waals surface area contributed by atoms with E-state index in [1.165, 1.54) is 16.8 Å². The first-order chi connectivity index (χ1) is 16.8. The van der Waals surface area contributed by atoms with E-state index in [0.717, 1.165) is 7.11 Å². The minimum absolute atomic E-state index is 0.0117. The molecule has 3 N–H and O–H groups in total. The van der Waals surface area contributed by atoms with Crippen LogP contribution in [-0.2, 0) is 20.7 Å². The number of esters is 1. The molecule has 1 amide bonds. The van der Waals surface area contributed by atoms with Gasteiger partial charge in [-0.05, 0) is 25.2 Å². The predicted molar refractivity (Wildman–Crippen MR) is 117 cm³/mol. The maximum absolute atomic E-state index is 13.5. The van der Waals surface area contributed by atoms with Crippen LogP contribution in [0.25, 0.3) is 5.65 Å². The van der Waals surface area contributed by atoms with Gasteiger partial charge in [-0.25, -0.2) is 18.3 Å². The SMILES string of the molecule is COC(=O)C1(Cc2nn3cc([C@@H](N)C4CCC(F)(F)CC4)nc3cc2Cl)C[C@@H](C(F)(F)F)CNC1=O. The van der Waals surface area contributed by atoms with E-state index < -0.39 is 60.7 Å².